The monoisotopic (exact) mass is 732 g/mol. The number of thiophene rings is 1. The van der Waals surface area contributed by atoms with Crippen LogP contribution < -0.4 is 0 Å². The quantitative estimate of drug-likeness (QED) is 0.171. The number of benzene rings is 8. The van der Waals surface area contributed by atoms with E-state index in [9.17, 15) is 0 Å². The Kier molecular flexibility index (Phi) is 7.64. The number of para-hydroxylation sites is 1. The van der Waals surface area contributed by atoms with Crippen LogP contribution in [-0.2, 0) is 0 Å². The largest absolute Gasteiger partial charge is 0.309 e. The fourth-order valence-electron chi connectivity index (χ4n) is 7.97. The number of hydrogen-bond acceptors (Lipinski definition) is 4. The van der Waals surface area contributed by atoms with E-state index in [2.05, 4.69) is 138 Å². The van der Waals surface area contributed by atoms with Crippen molar-refractivity contribution in [1.29, 1.82) is 0 Å². The van der Waals surface area contributed by atoms with Crippen molar-refractivity contribution in [1.82, 2.24) is 19.5 Å². The van der Waals surface area contributed by atoms with Crippen molar-refractivity contribution in [2.75, 3.05) is 0 Å². The van der Waals surface area contributed by atoms with Crippen LogP contribution in [0.5, 0.6) is 0 Å². The summed E-state index contributed by atoms with van der Waals surface area (Å²) in [5.41, 5.74) is 10.8. The van der Waals surface area contributed by atoms with Crippen LogP contribution in [0.15, 0.2) is 194 Å². The van der Waals surface area contributed by atoms with Crippen molar-refractivity contribution < 1.29 is 0 Å². The van der Waals surface area contributed by atoms with Crippen LogP contribution in [0.1, 0.15) is 0 Å². The molecule has 0 aliphatic rings. The van der Waals surface area contributed by atoms with Gasteiger partial charge in [-0.25, -0.2) is 15.0 Å². The Bertz CT molecular complexity index is 3180. The van der Waals surface area contributed by atoms with Crippen molar-refractivity contribution in [3.8, 4) is 62.1 Å². The van der Waals surface area contributed by atoms with Crippen molar-refractivity contribution in [3.05, 3.63) is 194 Å². The van der Waals surface area contributed by atoms with Gasteiger partial charge >= 0.3 is 0 Å². The number of hydrogen-bond donors (Lipinski definition) is 0. The van der Waals surface area contributed by atoms with Gasteiger partial charge in [0.05, 0.1) is 16.7 Å². The lowest BCUT2D eigenvalue weighted by Crippen LogP contribution is -2.02. The summed E-state index contributed by atoms with van der Waals surface area (Å²) in [6.45, 7) is 0. The molecule has 5 heteroatoms. The highest BCUT2D eigenvalue weighted by molar-refractivity contribution is 7.25. The fraction of sp³-hybridized carbons (Fsp3) is 0. The average Bonchev–Trinajstić information content (AvgIpc) is 3.82. The van der Waals surface area contributed by atoms with Crippen LogP contribution in [-0.4, -0.2) is 19.5 Å². The van der Waals surface area contributed by atoms with Crippen molar-refractivity contribution in [2.45, 2.75) is 0 Å². The van der Waals surface area contributed by atoms with Crippen molar-refractivity contribution in [3.63, 3.8) is 0 Å². The number of aromatic nitrogens is 4. The van der Waals surface area contributed by atoms with E-state index < -0.39 is 0 Å². The van der Waals surface area contributed by atoms with Gasteiger partial charge in [-0.05, 0) is 59.2 Å². The van der Waals surface area contributed by atoms with Crippen LogP contribution in [0.4, 0.5) is 0 Å². The number of fused-ring (bicyclic) bond motifs is 6. The van der Waals surface area contributed by atoms with Gasteiger partial charge in [0.15, 0.2) is 17.5 Å². The van der Waals surface area contributed by atoms with Crippen LogP contribution in [0, 0.1) is 0 Å². The van der Waals surface area contributed by atoms with E-state index in [-0.39, 0.29) is 0 Å². The Hall–Kier alpha value is -7.21. The molecule has 0 aliphatic heterocycles. The Morgan fingerprint density at radius 3 is 1.52 bits per heavy atom. The summed E-state index contributed by atoms with van der Waals surface area (Å²) in [5, 5.41) is 5.06. The molecule has 262 valence electrons. The molecule has 0 bridgehead atoms. The topological polar surface area (TPSA) is 43.6 Å². The zero-order valence-electron chi connectivity index (χ0n) is 30.2. The van der Waals surface area contributed by atoms with Crippen LogP contribution in [0.2, 0.25) is 0 Å². The molecule has 11 aromatic rings. The van der Waals surface area contributed by atoms with E-state index in [1.165, 1.54) is 42.1 Å². The van der Waals surface area contributed by atoms with E-state index >= 15 is 0 Å². The zero-order valence-corrected chi connectivity index (χ0v) is 31.0. The molecule has 0 radical (unpaired) electrons. The predicted octanol–water partition coefficient (Wildman–Crippen LogP) is 13.7. The summed E-state index contributed by atoms with van der Waals surface area (Å²) in [5.74, 6) is 1.91. The highest BCUT2D eigenvalue weighted by Crippen LogP contribution is 2.41. The third kappa shape index (κ3) is 5.48. The molecule has 0 amide bonds. The Balaban J connectivity index is 1.12. The first kappa shape index (κ1) is 32.2. The molecule has 0 aliphatic carbocycles. The maximum Gasteiger partial charge on any atom is 0.164 e. The minimum Gasteiger partial charge on any atom is -0.309 e. The Morgan fingerprint density at radius 2 is 0.821 bits per heavy atom. The molecule has 0 N–H and O–H groups in total. The second-order valence-corrected chi connectivity index (χ2v) is 15.1. The summed E-state index contributed by atoms with van der Waals surface area (Å²) in [7, 11) is 0. The maximum absolute atomic E-state index is 5.08. The van der Waals surface area contributed by atoms with Gasteiger partial charge in [0.25, 0.3) is 0 Å². The van der Waals surface area contributed by atoms with E-state index in [1.807, 2.05) is 72.0 Å². The normalized spacial score (nSPS) is 11.6. The molecular formula is C51H32N4S. The average molecular weight is 733 g/mol. The van der Waals surface area contributed by atoms with E-state index in [4.69, 9.17) is 15.0 Å². The molecule has 0 fully saturated rings. The maximum atomic E-state index is 5.08. The van der Waals surface area contributed by atoms with E-state index in [0.717, 1.165) is 44.5 Å². The molecule has 0 saturated carbocycles. The standard InChI is InChI=1S/C51H32N4S/c1-4-14-33(15-5-1)43-30-38(51-53-49(34-16-6-2-7-17-34)52-50(54-51)35-18-8-3-9-19-35)26-29-45(43)55-44-22-12-10-20-39(44)40-27-24-36(31-46(40)55)37-25-28-42-41-21-11-13-23-47(41)56-48(42)32-37/h1-32H. The van der Waals surface area contributed by atoms with Gasteiger partial charge < -0.3 is 4.57 Å². The Labute approximate surface area is 327 Å². The van der Waals surface area contributed by atoms with Crippen LogP contribution in [0.3, 0.4) is 0 Å². The summed E-state index contributed by atoms with van der Waals surface area (Å²) >= 11 is 1.86. The number of nitrogens with zero attached hydrogens (tertiary/aromatic N) is 4. The van der Waals surface area contributed by atoms with Crippen molar-refractivity contribution >= 4 is 53.3 Å². The number of rotatable bonds is 6. The van der Waals surface area contributed by atoms with Gasteiger partial charge in [0.1, 0.15) is 0 Å². The minimum absolute atomic E-state index is 0.627. The van der Waals surface area contributed by atoms with Gasteiger partial charge in [-0.1, -0.05) is 152 Å². The second-order valence-electron chi connectivity index (χ2n) is 14.0. The van der Waals surface area contributed by atoms with Crippen LogP contribution in [0.25, 0.3) is 104 Å². The summed E-state index contributed by atoms with van der Waals surface area (Å²) in [6.07, 6.45) is 0. The van der Waals surface area contributed by atoms with Gasteiger partial charge in [0.2, 0.25) is 0 Å². The first-order valence-electron chi connectivity index (χ1n) is 18.8. The fourth-order valence-corrected chi connectivity index (χ4v) is 9.12. The third-order valence-corrected chi connectivity index (χ3v) is 11.8. The molecular weight excluding hydrogens is 701 g/mol. The highest BCUT2D eigenvalue weighted by Gasteiger charge is 2.19. The lowest BCUT2D eigenvalue weighted by Gasteiger charge is -2.16. The van der Waals surface area contributed by atoms with E-state index in [1.54, 1.807) is 0 Å². The molecule has 3 heterocycles. The third-order valence-electron chi connectivity index (χ3n) is 10.7. The summed E-state index contributed by atoms with van der Waals surface area (Å²) < 4.78 is 5.04. The smallest absolute Gasteiger partial charge is 0.164 e. The summed E-state index contributed by atoms with van der Waals surface area (Å²) in [6, 6.07) is 68.7. The molecule has 0 spiro atoms. The molecule has 3 aromatic heterocycles. The molecule has 0 saturated heterocycles. The first-order chi connectivity index (χ1) is 27.7. The van der Waals surface area contributed by atoms with Gasteiger partial charge in [0, 0.05) is 53.2 Å². The predicted molar refractivity (Wildman–Crippen MR) is 234 cm³/mol. The lowest BCUT2D eigenvalue weighted by molar-refractivity contribution is 1.07. The minimum atomic E-state index is 0.627. The molecule has 8 aromatic carbocycles. The van der Waals surface area contributed by atoms with Crippen LogP contribution >= 0.6 is 11.3 Å². The van der Waals surface area contributed by atoms with Gasteiger partial charge in [-0.2, -0.15) is 0 Å². The highest BCUT2D eigenvalue weighted by atomic mass is 32.1. The molecule has 4 nitrogen and oxygen atoms in total. The lowest BCUT2D eigenvalue weighted by atomic mass is 9.99. The summed E-state index contributed by atoms with van der Waals surface area (Å²) in [4.78, 5) is 15.1. The first-order valence-corrected chi connectivity index (χ1v) is 19.6. The Morgan fingerprint density at radius 1 is 0.321 bits per heavy atom. The van der Waals surface area contributed by atoms with Gasteiger partial charge in [-0.3, -0.25) is 0 Å². The SMILES string of the molecule is c1ccc(-c2nc(-c3ccccc3)nc(-c3ccc(-n4c5ccccc5c5ccc(-c6ccc7c(c6)sc6ccccc67)cc54)c(-c4ccccc4)c3)n2)cc1. The van der Waals surface area contributed by atoms with Gasteiger partial charge in [-0.15, -0.1) is 11.3 Å². The molecule has 11 rings (SSSR count). The molecule has 0 atom stereocenters. The molecule has 56 heavy (non-hydrogen) atoms. The second kappa shape index (κ2) is 13.3. The van der Waals surface area contributed by atoms with E-state index in [0.29, 0.717) is 17.5 Å². The molecule has 0 unspecified atom stereocenters. The zero-order chi connectivity index (χ0) is 37.0. The van der Waals surface area contributed by atoms with Crippen molar-refractivity contribution in [2.24, 2.45) is 0 Å².